The number of halogens is 3. The molecule has 0 saturated carbocycles. The normalized spacial score (nSPS) is 19.2. The van der Waals surface area contributed by atoms with Gasteiger partial charge in [0.25, 0.3) is 0 Å². The van der Waals surface area contributed by atoms with Crippen molar-refractivity contribution in [3.63, 3.8) is 0 Å². The average molecular weight is 454 g/mol. The van der Waals surface area contributed by atoms with Crippen molar-refractivity contribution in [2.24, 2.45) is 0 Å². The van der Waals surface area contributed by atoms with E-state index in [1.807, 2.05) is 13.0 Å². The van der Waals surface area contributed by atoms with Gasteiger partial charge >= 0.3 is 6.36 Å². The standard InChI is InChI=1S/C22H30F3N5O2/c1-18-17-21(26-30(18)19-3-5-20(6-4-19)32-22(23,24)25)29-8-2-7-27(11-12-29)9-10-28-13-15-31-16-14-28/h3-6,17H,2,7-16H2,1H3. The van der Waals surface area contributed by atoms with Crippen LogP contribution < -0.4 is 9.64 Å². The molecule has 1 aromatic heterocycles. The smallest absolute Gasteiger partial charge is 0.406 e. The van der Waals surface area contributed by atoms with Gasteiger partial charge < -0.3 is 19.3 Å². The van der Waals surface area contributed by atoms with Gasteiger partial charge in [0.1, 0.15) is 5.75 Å². The van der Waals surface area contributed by atoms with Crippen molar-refractivity contribution in [3.8, 4) is 11.4 Å². The molecule has 0 bridgehead atoms. The second-order valence-corrected chi connectivity index (χ2v) is 8.23. The van der Waals surface area contributed by atoms with Gasteiger partial charge in [-0.3, -0.25) is 4.90 Å². The molecule has 0 unspecified atom stereocenters. The largest absolute Gasteiger partial charge is 0.573 e. The first-order chi connectivity index (χ1) is 15.4. The molecule has 2 saturated heterocycles. The van der Waals surface area contributed by atoms with Crippen molar-refractivity contribution in [1.29, 1.82) is 0 Å². The maximum atomic E-state index is 12.4. The number of hydrogen-bond acceptors (Lipinski definition) is 6. The number of nitrogens with zero attached hydrogens (tertiary/aromatic N) is 5. The van der Waals surface area contributed by atoms with E-state index < -0.39 is 6.36 Å². The van der Waals surface area contributed by atoms with E-state index in [4.69, 9.17) is 9.84 Å². The van der Waals surface area contributed by atoms with Gasteiger partial charge in [0.05, 0.1) is 18.9 Å². The summed E-state index contributed by atoms with van der Waals surface area (Å²) in [5.41, 5.74) is 1.63. The SMILES string of the molecule is Cc1cc(N2CCCN(CCN3CCOCC3)CC2)nn1-c1ccc(OC(F)(F)F)cc1. The highest BCUT2D eigenvalue weighted by atomic mass is 19.4. The Morgan fingerprint density at radius 1 is 0.938 bits per heavy atom. The van der Waals surface area contributed by atoms with Crippen LogP contribution >= 0.6 is 0 Å². The molecular formula is C22H30F3N5O2. The lowest BCUT2D eigenvalue weighted by Gasteiger charge is -2.29. The Morgan fingerprint density at radius 2 is 1.62 bits per heavy atom. The van der Waals surface area contributed by atoms with Crippen molar-refractivity contribution < 1.29 is 22.6 Å². The molecule has 32 heavy (non-hydrogen) atoms. The Balaban J connectivity index is 1.35. The first-order valence-electron chi connectivity index (χ1n) is 11.1. The molecule has 0 spiro atoms. The number of alkyl halides is 3. The maximum absolute atomic E-state index is 12.4. The van der Waals surface area contributed by atoms with E-state index in [1.165, 1.54) is 12.1 Å². The molecule has 0 atom stereocenters. The van der Waals surface area contributed by atoms with Crippen molar-refractivity contribution in [1.82, 2.24) is 19.6 Å². The van der Waals surface area contributed by atoms with Crippen molar-refractivity contribution in [2.75, 3.05) is 70.5 Å². The van der Waals surface area contributed by atoms with Crippen LogP contribution in [0.4, 0.5) is 19.0 Å². The summed E-state index contributed by atoms with van der Waals surface area (Å²) in [4.78, 5) is 7.26. The number of hydrogen-bond donors (Lipinski definition) is 0. The quantitative estimate of drug-likeness (QED) is 0.671. The molecule has 7 nitrogen and oxygen atoms in total. The Bertz CT molecular complexity index is 865. The lowest BCUT2D eigenvalue weighted by atomic mass is 10.3. The van der Waals surface area contributed by atoms with Crippen LogP contribution in [0.3, 0.4) is 0 Å². The summed E-state index contributed by atoms with van der Waals surface area (Å²) in [5, 5.41) is 4.73. The molecule has 3 heterocycles. The summed E-state index contributed by atoms with van der Waals surface area (Å²) in [5.74, 6) is 0.657. The highest BCUT2D eigenvalue weighted by molar-refractivity contribution is 5.45. The fourth-order valence-electron chi connectivity index (χ4n) is 4.19. The molecule has 0 amide bonds. The number of morpholine rings is 1. The van der Waals surface area contributed by atoms with E-state index in [9.17, 15) is 13.2 Å². The Labute approximate surface area is 186 Å². The molecular weight excluding hydrogens is 423 g/mol. The van der Waals surface area contributed by atoms with Crippen LogP contribution in [0, 0.1) is 6.92 Å². The molecule has 2 aliphatic heterocycles. The molecule has 176 valence electrons. The first-order valence-corrected chi connectivity index (χ1v) is 11.1. The minimum atomic E-state index is -4.70. The number of benzene rings is 1. The predicted octanol–water partition coefficient (Wildman–Crippen LogP) is 2.92. The third-order valence-electron chi connectivity index (χ3n) is 5.94. The molecule has 2 fully saturated rings. The monoisotopic (exact) mass is 453 g/mol. The van der Waals surface area contributed by atoms with E-state index in [0.717, 1.165) is 83.5 Å². The highest BCUT2D eigenvalue weighted by Gasteiger charge is 2.31. The van der Waals surface area contributed by atoms with Gasteiger partial charge in [-0.15, -0.1) is 13.2 Å². The number of rotatable bonds is 6. The second kappa shape index (κ2) is 10.1. The van der Waals surface area contributed by atoms with Gasteiger partial charge in [-0.2, -0.15) is 5.10 Å². The van der Waals surface area contributed by atoms with Gasteiger partial charge in [-0.25, -0.2) is 4.68 Å². The van der Waals surface area contributed by atoms with Crippen LogP contribution in [0.2, 0.25) is 0 Å². The number of ether oxygens (including phenoxy) is 2. The van der Waals surface area contributed by atoms with Gasteiger partial charge in [0, 0.05) is 57.6 Å². The molecule has 2 aromatic rings. The zero-order chi connectivity index (χ0) is 22.6. The van der Waals surface area contributed by atoms with Crippen LogP contribution in [0.25, 0.3) is 5.69 Å². The van der Waals surface area contributed by atoms with Crippen molar-refractivity contribution in [3.05, 3.63) is 36.0 Å². The molecule has 0 radical (unpaired) electrons. The maximum Gasteiger partial charge on any atom is 0.573 e. The third kappa shape index (κ3) is 6.14. The Kier molecular flexibility index (Phi) is 7.22. The molecule has 10 heteroatoms. The zero-order valence-corrected chi connectivity index (χ0v) is 18.4. The topological polar surface area (TPSA) is 46.0 Å². The minimum Gasteiger partial charge on any atom is -0.406 e. The summed E-state index contributed by atoms with van der Waals surface area (Å²) < 4.78 is 48.3. The van der Waals surface area contributed by atoms with Gasteiger partial charge in [0.2, 0.25) is 0 Å². The van der Waals surface area contributed by atoms with Crippen LogP contribution in [0.15, 0.2) is 30.3 Å². The predicted molar refractivity (Wildman–Crippen MR) is 116 cm³/mol. The average Bonchev–Trinajstić information content (AvgIpc) is 2.99. The lowest BCUT2D eigenvalue weighted by molar-refractivity contribution is -0.274. The van der Waals surface area contributed by atoms with Crippen LogP contribution in [0.5, 0.6) is 5.75 Å². The van der Waals surface area contributed by atoms with Gasteiger partial charge in [-0.1, -0.05) is 0 Å². The van der Waals surface area contributed by atoms with Crippen LogP contribution in [-0.4, -0.2) is 91.5 Å². The number of anilines is 1. The molecule has 4 rings (SSSR count). The summed E-state index contributed by atoms with van der Waals surface area (Å²) in [6.07, 6.45) is -3.63. The minimum absolute atomic E-state index is 0.240. The van der Waals surface area contributed by atoms with E-state index in [2.05, 4.69) is 19.4 Å². The molecule has 0 aliphatic carbocycles. The second-order valence-electron chi connectivity index (χ2n) is 8.23. The van der Waals surface area contributed by atoms with Crippen LogP contribution in [-0.2, 0) is 4.74 Å². The van der Waals surface area contributed by atoms with E-state index >= 15 is 0 Å². The summed E-state index contributed by atoms with van der Waals surface area (Å²) in [6.45, 7) is 11.7. The molecule has 0 N–H and O–H groups in total. The van der Waals surface area contributed by atoms with Crippen LogP contribution in [0.1, 0.15) is 12.1 Å². The number of aryl methyl sites for hydroxylation is 1. The fourth-order valence-corrected chi connectivity index (χ4v) is 4.19. The summed E-state index contributed by atoms with van der Waals surface area (Å²) in [7, 11) is 0. The summed E-state index contributed by atoms with van der Waals surface area (Å²) >= 11 is 0. The van der Waals surface area contributed by atoms with Crippen molar-refractivity contribution >= 4 is 5.82 Å². The fraction of sp³-hybridized carbons (Fsp3) is 0.591. The van der Waals surface area contributed by atoms with E-state index in [-0.39, 0.29) is 5.75 Å². The van der Waals surface area contributed by atoms with Gasteiger partial charge in [-0.05, 0) is 44.2 Å². The number of aromatic nitrogens is 2. The molecule has 2 aliphatic rings. The Morgan fingerprint density at radius 3 is 2.31 bits per heavy atom. The first kappa shape index (κ1) is 22.9. The Hall–Kier alpha value is -2.30. The van der Waals surface area contributed by atoms with E-state index in [1.54, 1.807) is 16.8 Å². The highest BCUT2D eigenvalue weighted by Crippen LogP contribution is 2.25. The van der Waals surface area contributed by atoms with E-state index in [0.29, 0.717) is 5.69 Å². The van der Waals surface area contributed by atoms with Gasteiger partial charge in [0.15, 0.2) is 5.82 Å². The zero-order valence-electron chi connectivity index (χ0n) is 18.4. The van der Waals surface area contributed by atoms with Crippen molar-refractivity contribution in [2.45, 2.75) is 19.7 Å². The third-order valence-corrected chi connectivity index (χ3v) is 5.94. The summed E-state index contributed by atoms with van der Waals surface area (Å²) in [6, 6.07) is 7.81. The molecule has 1 aromatic carbocycles. The lowest BCUT2D eigenvalue weighted by Crippen LogP contribution is -2.42.